The number of rotatable bonds is 3. The normalized spacial score (nSPS) is 34.5. The first-order chi connectivity index (χ1) is 7.65. The van der Waals surface area contributed by atoms with Gasteiger partial charge in [0, 0.05) is 12.3 Å². The molecule has 5 nitrogen and oxygen atoms in total. The van der Waals surface area contributed by atoms with E-state index in [4.69, 9.17) is 9.26 Å². The van der Waals surface area contributed by atoms with E-state index in [1.54, 1.807) is 0 Å². The molecule has 1 aromatic heterocycles. The van der Waals surface area contributed by atoms with Crippen LogP contribution in [-0.2, 0) is 11.2 Å². The molecule has 0 spiro atoms. The second kappa shape index (κ2) is 3.53. The summed E-state index contributed by atoms with van der Waals surface area (Å²) in [6.07, 6.45) is 3.45. The molecular formula is C11H16N2O3. The highest BCUT2D eigenvalue weighted by molar-refractivity contribution is 5.05. The molecule has 1 saturated heterocycles. The molecule has 16 heavy (non-hydrogen) atoms. The van der Waals surface area contributed by atoms with E-state index in [9.17, 15) is 5.11 Å². The Balaban J connectivity index is 1.68. The first-order valence-corrected chi connectivity index (χ1v) is 5.81. The zero-order valence-electron chi connectivity index (χ0n) is 9.35. The minimum atomic E-state index is -0.827. The van der Waals surface area contributed by atoms with Crippen LogP contribution >= 0.6 is 0 Å². The number of ether oxygens (including phenoxy) is 1. The van der Waals surface area contributed by atoms with Gasteiger partial charge >= 0.3 is 0 Å². The molecule has 5 heteroatoms. The van der Waals surface area contributed by atoms with Gasteiger partial charge in [0.25, 0.3) is 0 Å². The molecule has 0 aromatic carbocycles. The molecule has 1 aliphatic heterocycles. The Morgan fingerprint density at radius 1 is 1.50 bits per heavy atom. The maximum atomic E-state index is 10.2. The van der Waals surface area contributed by atoms with Crippen LogP contribution < -0.4 is 0 Å². The minimum Gasteiger partial charge on any atom is -0.387 e. The van der Waals surface area contributed by atoms with Gasteiger partial charge in [-0.3, -0.25) is 0 Å². The lowest BCUT2D eigenvalue weighted by atomic mass is 9.97. The average molecular weight is 224 g/mol. The Kier molecular flexibility index (Phi) is 2.26. The van der Waals surface area contributed by atoms with E-state index >= 15 is 0 Å². The Labute approximate surface area is 93.8 Å². The molecule has 1 aromatic rings. The third kappa shape index (κ3) is 1.97. The zero-order valence-corrected chi connectivity index (χ0v) is 9.35. The average Bonchev–Trinajstić information content (AvgIpc) is 2.89. The molecule has 2 heterocycles. The molecule has 88 valence electrons. The molecule has 0 radical (unpaired) electrons. The second-order valence-corrected chi connectivity index (χ2v) is 5.05. The van der Waals surface area contributed by atoms with Gasteiger partial charge in [0.2, 0.25) is 5.89 Å². The summed E-state index contributed by atoms with van der Waals surface area (Å²) in [5, 5.41) is 14.2. The van der Waals surface area contributed by atoms with Gasteiger partial charge in [-0.05, 0) is 19.8 Å². The van der Waals surface area contributed by atoms with E-state index < -0.39 is 5.60 Å². The van der Waals surface area contributed by atoms with Gasteiger partial charge < -0.3 is 14.4 Å². The topological polar surface area (TPSA) is 68.4 Å². The molecule has 2 atom stereocenters. The van der Waals surface area contributed by atoms with Gasteiger partial charge in [-0.1, -0.05) is 5.16 Å². The number of nitrogens with zero attached hydrogens (tertiary/aromatic N) is 2. The Morgan fingerprint density at radius 3 is 2.94 bits per heavy atom. The van der Waals surface area contributed by atoms with E-state index in [-0.39, 0.29) is 6.10 Å². The van der Waals surface area contributed by atoms with Crippen molar-refractivity contribution in [3.63, 3.8) is 0 Å². The van der Waals surface area contributed by atoms with E-state index in [0.29, 0.717) is 31.3 Å². The van der Waals surface area contributed by atoms with Crippen LogP contribution in [0, 0.1) is 0 Å². The van der Waals surface area contributed by atoms with Gasteiger partial charge in [-0.15, -0.1) is 0 Å². The molecule has 1 N–H and O–H groups in total. The summed E-state index contributed by atoms with van der Waals surface area (Å²) in [5.41, 5.74) is -0.827. The van der Waals surface area contributed by atoms with Crippen LogP contribution in [0.4, 0.5) is 0 Å². The molecule has 0 amide bonds. The molecule has 0 bridgehead atoms. The number of aromatic nitrogens is 2. The fraction of sp³-hybridized carbons (Fsp3) is 0.818. The van der Waals surface area contributed by atoms with Gasteiger partial charge in [0.05, 0.1) is 24.7 Å². The summed E-state index contributed by atoms with van der Waals surface area (Å²) >= 11 is 0. The Bertz CT molecular complexity index is 388. The standard InChI is InChI=1S/C11H16N2O3/c1-7-4-11(14,6-15-7)5-9-12-10(13-16-9)8-2-3-8/h7-8,14H,2-6H2,1H3/t7-,11+/m1/s1. The lowest BCUT2D eigenvalue weighted by Gasteiger charge is -2.17. The predicted octanol–water partition coefficient (Wildman–Crippen LogP) is 1.03. The van der Waals surface area contributed by atoms with Crippen molar-refractivity contribution >= 4 is 0 Å². The zero-order chi connectivity index (χ0) is 11.2. The van der Waals surface area contributed by atoms with Crippen molar-refractivity contribution in [2.24, 2.45) is 0 Å². The first-order valence-electron chi connectivity index (χ1n) is 5.81. The third-order valence-corrected chi connectivity index (χ3v) is 3.21. The molecule has 1 saturated carbocycles. The van der Waals surface area contributed by atoms with Crippen molar-refractivity contribution in [1.82, 2.24) is 10.1 Å². The molecular weight excluding hydrogens is 208 g/mol. The number of hydrogen-bond donors (Lipinski definition) is 1. The molecule has 0 unspecified atom stereocenters. The second-order valence-electron chi connectivity index (χ2n) is 5.05. The molecule has 2 fully saturated rings. The van der Waals surface area contributed by atoms with Gasteiger partial charge in [0.1, 0.15) is 0 Å². The van der Waals surface area contributed by atoms with Crippen LogP contribution in [0.15, 0.2) is 4.52 Å². The lowest BCUT2D eigenvalue weighted by Crippen LogP contribution is -2.32. The molecule has 2 aliphatic rings. The maximum Gasteiger partial charge on any atom is 0.229 e. The fourth-order valence-electron chi connectivity index (χ4n) is 2.20. The van der Waals surface area contributed by atoms with Crippen LogP contribution in [0.25, 0.3) is 0 Å². The Hall–Kier alpha value is -0.940. The van der Waals surface area contributed by atoms with Crippen molar-refractivity contribution in [1.29, 1.82) is 0 Å². The summed E-state index contributed by atoms with van der Waals surface area (Å²) in [5.74, 6) is 1.82. The van der Waals surface area contributed by atoms with E-state index in [0.717, 1.165) is 18.7 Å². The van der Waals surface area contributed by atoms with Crippen molar-refractivity contribution in [2.75, 3.05) is 6.61 Å². The van der Waals surface area contributed by atoms with Gasteiger partial charge in [0.15, 0.2) is 5.82 Å². The summed E-state index contributed by atoms with van der Waals surface area (Å²) < 4.78 is 10.5. The van der Waals surface area contributed by atoms with Gasteiger partial charge in [-0.2, -0.15) is 4.98 Å². The van der Waals surface area contributed by atoms with Crippen LogP contribution in [0.5, 0.6) is 0 Å². The lowest BCUT2D eigenvalue weighted by molar-refractivity contribution is 0.0173. The summed E-state index contributed by atoms with van der Waals surface area (Å²) in [4.78, 5) is 4.31. The van der Waals surface area contributed by atoms with Crippen LogP contribution in [0.2, 0.25) is 0 Å². The van der Waals surface area contributed by atoms with Crippen molar-refractivity contribution < 1.29 is 14.4 Å². The van der Waals surface area contributed by atoms with Crippen molar-refractivity contribution in [3.8, 4) is 0 Å². The highest BCUT2D eigenvalue weighted by Crippen LogP contribution is 2.38. The monoisotopic (exact) mass is 224 g/mol. The predicted molar refractivity (Wildman–Crippen MR) is 55.0 cm³/mol. The van der Waals surface area contributed by atoms with Crippen LogP contribution in [0.3, 0.4) is 0 Å². The highest BCUT2D eigenvalue weighted by Gasteiger charge is 2.38. The van der Waals surface area contributed by atoms with E-state index in [1.807, 2.05) is 6.92 Å². The highest BCUT2D eigenvalue weighted by atomic mass is 16.5. The summed E-state index contributed by atoms with van der Waals surface area (Å²) in [6.45, 7) is 2.32. The van der Waals surface area contributed by atoms with E-state index in [1.165, 1.54) is 0 Å². The fourth-order valence-corrected chi connectivity index (χ4v) is 2.20. The Morgan fingerprint density at radius 2 is 2.31 bits per heavy atom. The first kappa shape index (κ1) is 10.2. The van der Waals surface area contributed by atoms with Gasteiger partial charge in [-0.25, -0.2) is 0 Å². The van der Waals surface area contributed by atoms with Crippen molar-refractivity contribution in [3.05, 3.63) is 11.7 Å². The van der Waals surface area contributed by atoms with Crippen LogP contribution in [-0.4, -0.2) is 33.6 Å². The maximum absolute atomic E-state index is 10.2. The summed E-state index contributed by atoms with van der Waals surface area (Å²) in [7, 11) is 0. The summed E-state index contributed by atoms with van der Waals surface area (Å²) in [6, 6.07) is 0. The SMILES string of the molecule is C[C@@H]1C[C@](O)(Cc2nc(C3CC3)no2)CO1. The minimum absolute atomic E-state index is 0.107. The third-order valence-electron chi connectivity index (χ3n) is 3.21. The molecule has 1 aliphatic carbocycles. The quantitative estimate of drug-likeness (QED) is 0.830. The van der Waals surface area contributed by atoms with Crippen molar-refractivity contribution in [2.45, 2.75) is 50.2 Å². The van der Waals surface area contributed by atoms with E-state index in [2.05, 4.69) is 10.1 Å². The van der Waals surface area contributed by atoms with Crippen LogP contribution in [0.1, 0.15) is 43.8 Å². The smallest absolute Gasteiger partial charge is 0.229 e. The number of aliphatic hydroxyl groups is 1. The largest absolute Gasteiger partial charge is 0.387 e. The molecule has 3 rings (SSSR count). The number of hydrogen-bond acceptors (Lipinski definition) is 5.